The molecule has 94 valence electrons. The third-order valence-corrected chi connectivity index (χ3v) is 3.64. The molecule has 0 unspecified atom stereocenters. The van der Waals surface area contributed by atoms with E-state index < -0.39 is 0 Å². The third-order valence-electron chi connectivity index (χ3n) is 3.64. The van der Waals surface area contributed by atoms with Crippen molar-refractivity contribution in [3.05, 3.63) is 83.4 Å². The van der Waals surface area contributed by atoms with Crippen molar-refractivity contribution in [1.29, 1.82) is 0 Å². The third kappa shape index (κ3) is 2.85. The highest BCUT2D eigenvalue weighted by molar-refractivity contribution is 5.82. The second-order valence-electron chi connectivity index (χ2n) is 5.17. The van der Waals surface area contributed by atoms with E-state index in [0.717, 1.165) is 12.8 Å². The van der Waals surface area contributed by atoms with Crippen LogP contribution < -0.4 is 0 Å². The molecule has 0 radical (unpaired) electrons. The fourth-order valence-corrected chi connectivity index (χ4v) is 2.44. The highest BCUT2D eigenvalue weighted by atomic mass is 14.0. The minimum atomic E-state index is 1.11. The molecular formula is C19H18. The maximum Gasteiger partial charge on any atom is -0.0181 e. The lowest BCUT2D eigenvalue weighted by Crippen LogP contribution is -1.91. The van der Waals surface area contributed by atoms with Crippen LogP contribution in [0, 0.1) is 6.92 Å². The van der Waals surface area contributed by atoms with E-state index in [1.165, 1.54) is 27.5 Å². The zero-order valence-corrected chi connectivity index (χ0v) is 11.3. The van der Waals surface area contributed by atoms with E-state index in [-0.39, 0.29) is 0 Å². The first-order chi connectivity index (χ1) is 9.31. The summed E-state index contributed by atoms with van der Waals surface area (Å²) >= 11 is 0. The van der Waals surface area contributed by atoms with E-state index >= 15 is 0 Å². The Morgan fingerprint density at radius 2 is 1.26 bits per heavy atom. The smallest absolute Gasteiger partial charge is 0.0181 e. The molecular weight excluding hydrogens is 228 g/mol. The molecule has 0 fully saturated rings. The second kappa shape index (κ2) is 5.27. The Labute approximate surface area is 114 Å². The summed E-state index contributed by atoms with van der Waals surface area (Å²) in [5.74, 6) is 0. The molecule has 0 aliphatic rings. The van der Waals surface area contributed by atoms with Crippen LogP contribution in [0.4, 0.5) is 0 Å². The lowest BCUT2D eigenvalue weighted by molar-refractivity contribution is 0.961. The first-order valence-electron chi connectivity index (χ1n) is 6.84. The molecule has 0 heteroatoms. The molecule has 3 aromatic rings. The monoisotopic (exact) mass is 246 g/mol. The molecule has 3 rings (SSSR count). The largest absolute Gasteiger partial charge is 0.0616 e. The van der Waals surface area contributed by atoms with Gasteiger partial charge in [-0.15, -0.1) is 0 Å². The van der Waals surface area contributed by atoms with Crippen molar-refractivity contribution >= 4 is 10.8 Å². The van der Waals surface area contributed by atoms with Crippen LogP contribution in [-0.2, 0) is 12.8 Å². The van der Waals surface area contributed by atoms with E-state index in [1.807, 2.05) is 0 Å². The van der Waals surface area contributed by atoms with Gasteiger partial charge in [-0.3, -0.25) is 0 Å². The van der Waals surface area contributed by atoms with Crippen molar-refractivity contribution in [2.45, 2.75) is 19.8 Å². The molecule has 0 saturated carbocycles. The van der Waals surface area contributed by atoms with Crippen LogP contribution in [0.25, 0.3) is 10.8 Å². The highest BCUT2D eigenvalue weighted by Gasteiger charge is 1.98. The average molecular weight is 246 g/mol. The first-order valence-corrected chi connectivity index (χ1v) is 6.84. The van der Waals surface area contributed by atoms with Gasteiger partial charge in [-0.25, -0.2) is 0 Å². The van der Waals surface area contributed by atoms with Crippen LogP contribution >= 0.6 is 0 Å². The molecule has 0 atom stereocenters. The van der Waals surface area contributed by atoms with Crippen LogP contribution in [-0.4, -0.2) is 0 Å². The van der Waals surface area contributed by atoms with Gasteiger partial charge in [0, 0.05) is 0 Å². The molecule has 0 heterocycles. The number of aryl methyl sites for hydroxylation is 3. The van der Waals surface area contributed by atoms with Gasteiger partial charge < -0.3 is 0 Å². The molecule has 3 aromatic carbocycles. The van der Waals surface area contributed by atoms with Gasteiger partial charge in [0.25, 0.3) is 0 Å². The van der Waals surface area contributed by atoms with Crippen LogP contribution in [0.5, 0.6) is 0 Å². The zero-order chi connectivity index (χ0) is 13.1. The van der Waals surface area contributed by atoms with Gasteiger partial charge in [0.1, 0.15) is 0 Å². The molecule has 0 aliphatic heterocycles. The molecule has 0 nitrogen and oxygen atoms in total. The minimum absolute atomic E-state index is 1.11. The Bertz CT molecular complexity index is 678. The van der Waals surface area contributed by atoms with Crippen molar-refractivity contribution in [2.24, 2.45) is 0 Å². The summed E-state index contributed by atoms with van der Waals surface area (Å²) in [6, 6.07) is 24.2. The molecule has 0 N–H and O–H groups in total. The molecule has 0 spiro atoms. The maximum atomic E-state index is 2.31. The van der Waals surface area contributed by atoms with Crippen molar-refractivity contribution in [1.82, 2.24) is 0 Å². The molecule has 0 saturated heterocycles. The summed E-state index contributed by atoms with van der Waals surface area (Å²) in [6.45, 7) is 2.13. The summed E-state index contributed by atoms with van der Waals surface area (Å²) in [5.41, 5.74) is 4.16. The predicted octanol–water partition coefficient (Wildman–Crippen LogP) is 4.93. The van der Waals surface area contributed by atoms with E-state index in [9.17, 15) is 0 Å². The summed E-state index contributed by atoms with van der Waals surface area (Å²) in [4.78, 5) is 0. The van der Waals surface area contributed by atoms with Crippen molar-refractivity contribution < 1.29 is 0 Å². The predicted molar refractivity (Wildman–Crippen MR) is 82.5 cm³/mol. The average Bonchev–Trinajstić information content (AvgIpc) is 2.46. The van der Waals surface area contributed by atoms with Crippen LogP contribution in [0.3, 0.4) is 0 Å². The summed E-state index contributed by atoms with van der Waals surface area (Å²) in [7, 11) is 0. The fourth-order valence-electron chi connectivity index (χ4n) is 2.44. The summed E-state index contributed by atoms with van der Waals surface area (Å²) in [6.07, 6.45) is 2.21. The van der Waals surface area contributed by atoms with Gasteiger partial charge in [-0.2, -0.15) is 0 Å². The van der Waals surface area contributed by atoms with Gasteiger partial charge in [-0.1, -0.05) is 72.3 Å². The van der Waals surface area contributed by atoms with Gasteiger partial charge >= 0.3 is 0 Å². The van der Waals surface area contributed by atoms with Gasteiger partial charge in [0.2, 0.25) is 0 Å². The molecule has 0 aromatic heterocycles. The fraction of sp³-hybridized carbons (Fsp3) is 0.158. The Morgan fingerprint density at radius 1 is 0.632 bits per heavy atom. The number of hydrogen-bond acceptors (Lipinski definition) is 0. The Balaban J connectivity index is 1.76. The van der Waals surface area contributed by atoms with Crippen LogP contribution in [0.2, 0.25) is 0 Å². The van der Waals surface area contributed by atoms with Crippen molar-refractivity contribution in [3.8, 4) is 0 Å². The molecule has 0 aliphatic carbocycles. The Morgan fingerprint density at radius 3 is 2.05 bits per heavy atom. The van der Waals surface area contributed by atoms with Gasteiger partial charge in [0.15, 0.2) is 0 Å². The SMILES string of the molecule is Cc1ccc(CCc2ccc3ccccc3c2)cc1. The van der Waals surface area contributed by atoms with E-state index in [2.05, 4.69) is 73.7 Å². The van der Waals surface area contributed by atoms with Crippen molar-refractivity contribution in [2.75, 3.05) is 0 Å². The van der Waals surface area contributed by atoms with Crippen molar-refractivity contribution in [3.63, 3.8) is 0 Å². The summed E-state index contributed by atoms with van der Waals surface area (Å²) < 4.78 is 0. The summed E-state index contributed by atoms with van der Waals surface area (Å²) in [5, 5.41) is 2.66. The Hall–Kier alpha value is -2.08. The normalized spacial score (nSPS) is 10.8. The van der Waals surface area contributed by atoms with Crippen LogP contribution in [0.15, 0.2) is 66.7 Å². The number of hydrogen-bond donors (Lipinski definition) is 0. The highest BCUT2D eigenvalue weighted by Crippen LogP contribution is 2.17. The van der Waals surface area contributed by atoms with Gasteiger partial charge in [0.05, 0.1) is 0 Å². The van der Waals surface area contributed by atoms with E-state index in [0.29, 0.717) is 0 Å². The maximum absolute atomic E-state index is 2.31. The lowest BCUT2D eigenvalue weighted by Gasteiger charge is -2.05. The van der Waals surface area contributed by atoms with E-state index in [4.69, 9.17) is 0 Å². The van der Waals surface area contributed by atoms with Crippen LogP contribution in [0.1, 0.15) is 16.7 Å². The quantitative estimate of drug-likeness (QED) is 0.614. The second-order valence-corrected chi connectivity index (χ2v) is 5.17. The minimum Gasteiger partial charge on any atom is -0.0616 e. The topological polar surface area (TPSA) is 0 Å². The number of benzene rings is 3. The molecule has 0 bridgehead atoms. The standard InChI is InChI=1S/C19H18/c1-15-6-8-16(9-7-15)10-11-17-12-13-18-4-2-3-5-19(18)14-17/h2-9,12-14H,10-11H2,1H3. The first kappa shape index (κ1) is 12.0. The Kier molecular flexibility index (Phi) is 3.33. The number of fused-ring (bicyclic) bond motifs is 1. The number of rotatable bonds is 3. The molecule has 19 heavy (non-hydrogen) atoms. The zero-order valence-electron chi connectivity index (χ0n) is 11.3. The lowest BCUT2D eigenvalue weighted by atomic mass is 10.0. The molecule has 0 amide bonds. The van der Waals surface area contributed by atoms with Gasteiger partial charge in [-0.05, 0) is 41.7 Å². The van der Waals surface area contributed by atoms with E-state index in [1.54, 1.807) is 0 Å².